The smallest absolute Gasteiger partial charge is 0.254 e. The summed E-state index contributed by atoms with van der Waals surface area (Å²) >= 11 is 0.795. The van der Waals surface area contributed by atoms with Gasteiger partial charge in [-0.25, -0.2) is 32.5 Å². The second-order valence-corrected chi connectivity index (χ2v) is 9.82. The molecule has 1 aromatic carbocycles. The molecule has 0 saturated heterocycles. The Hall–Kier alpha value is -3.46. The van der Waals surface area contributed by atoms with E-state index in [1.807, 2.05) is 6.07 Å². The SMILES string of the molecule is CC1C2[C@@]1(C(F)F)SC(N)=N[C@]2(C)c1cc(Nc2ncnc3cc(C#N)cnc23)cc(F)c1F. The number of aliphatic imine (C=N–C) groups is 1. The summed E-state index contributed by atoms with van der Waals surface area (Å²) in [4.78, 5) is 16.7. The number of fused-ring (bicyclic) bond motifs is 2. The van der Waals surface area contributed by atoms with E-state index in [0.717, 1.165) is 17.8 Å². The van der Waals surface area contributed by atoms with Crippen LogP contribution in [0.2, 0.25) is 0 Å². The van der Waals surface area contributed by atoms with E-state index < -0.39 is 40.2 Å². The molecule has 5 rings (SSSR count). The average molecular weight is 487 g/mol. The summed E-state index contributed by atoms with van der Waals surface area (Å²) in [5, 5.41) is 11.9. The number of thioether (sulfide) groups is 1. The average Bonchev–Trinajstić information content (AvgIpc) is 3.41. The van der Waals surface area contributed by atoms with Gasteiger partial charge in [0.1, 0.15) is 17.9 Å². The first kappa shape index (κ1) is 22.3. The number of halogens is 4. The van der Waals surface area contributed by atoms with Crippen molar-refractivity contribution >= 4 is 39.5 Å². The Labute approximate surface area is 195 Å². The van der Waals surface area contributed by atoms with Crippen LogP contribution >= 0.6 is 11.8 Å². The van der Waals surface area contributed by atoms with E-state index >= 15 is 4.39 Å². The van der Waals surface area contributed by atoms with Crippen LogP contribution < -0.4 is 11.1 Å². The van der Waals surface area contributed by atoms with Gasteiger partial charge in [0.2, 0.25) is 0 Å². The summed E-state index contributed by atoms with van der Waals surface area (Å²) in [6.07, 6.45) is -0.136. The van der Waals surface area contributed by atoms with E-state index in [1.54, 1.807) is 6.92 Å². The quantitative estimate of drug-likeness (QED) is 0.522. The van der Waals surface area contributed by atoms with Crippen molar-refractivity contribution in [2.45, 2.75) is 30.6 Å². The van der Waals surface area contributed by atoms with Crippen molar-refractivity contribution in [3.8, 4) is 6.07 Å². The molecule has 2 unspecified atom stereocenters. The number of nitriles is 1. The van der Waals surface area contributed by atoms with Crippen molar-refractivity contribution in [2.24, 2.45) is 22.6 Å². The highest BCUT2D eigenvalue weighted by molar-refractivity contribution is 8.15. The minimum atomic E-state index is -2.71. The van der Waals surface area contributed by atoms with Crippen molar-refractivity contribution in [3.63, 3.8) is 0 Å². The molecule has 0 bridgehead atoms. The highest BCUT2D eigenvalue weighted by Crippen LogP contribution is 2.71. The number of nitrogens with zero attached hydrogens (tertiary/aromatic N) is 5. The molecule has 12 heteroatoms. The number of rotatable bonds is 4. The third-order valence-corrected chi connectivity index (χ3v) is 8.06. The van der Waals surface area contributed by atoms with Gasteiger partial charge in [-0.3, -0.25) is 4.99 Å². The number of nitrogens with two attached hydrogens (primary N) is 1. The molecule has 2 aromatic heterocycles. The Kier molecular flexibility index (Phi) is 4.95. The molecule has 1 fully saturated rings. The van der Waals surface area contributed by atoms with Crippen molar-refractivity contribution in [3.05, 3.63) is 53.5 Å². The molecule has 7 nitrogen and oxygen atoms in total. The van der Waals surface area contributed by atoms with Crippen LogP contribution in [0.5, 0.6) is 0 Å². The van der Waals surface area contributed by atoms with Gasteiger partial charge in [0, 0.05) is 29.4 Å². The predicted octanol–water partition coefficient (Wildman–Crippen LogP) is 4.46. The van der Waals surface area contributed by atoms with E-state index in [2.05, 4.69) is 25.3 Å². The molecule has 174 valence electrons. The normalized spacial score (nSPS) is 27.8. The molecule has 0 amide bonds. The maximum Gasteiger partial charge on any atom is 0.254 e. The van der Waals surface area contributed by atoms with Crippen molar-refractivity contribution in [1.82, 2.24) is 15.0 Å². The highest BCUT2D eigenvalue weighted by Gasteiger charge is 2.76. The third-order valence-electron chi connectivity index (χ3n) is 6.60. The number of anilines is 2. The van der Waals surface area contributed by atoms with E-state index in [-0.39, 0.29) is 22.2 Å². The van der Waals surface area contributed by atoms with Gasteiger partial charge >= 0.3 is 0 Å². The van der Waals surface area contributed by atoms with Crippen molar-refractivity contribution < 1.29 is 17.6 Å². The maximum absolute atomic E-state index is 15.1. The summed E-state index contributed by atoms with van der Waals surface area (Å²) in [6, 6.07) is 5.74. The van der Waals surface area contributed by atoms with E-state index in [9.17, 15) is 13.2 Å². The summed E-state index contributed by atoms with van der Waals surface area (Å²) < 4.78 is 56.4. The number of pyridine rings is 1. The van der Waals surface area contributed by atoms with Crippen LogP contribution in [0.15, 0.2) is 35.7 Å². The summed E-state index contributed by atoms with van der Waals surface area (Å²) in [7, 11) is 0. The van der Waals surface area contributed by atoms with Crippen LogP contribution in [-0.2, 0) is 5.54 Å². The van der Waals surface area contributed by atoms with Crippen LogP contribution in [0.4, 0.5) is 29.1 Å². The van der Waals surface area contributed by atoms with Crippen LogP contribution in [0, 0.1) is 34.8 Å². The predicted molar refractivity (Wildman–Crippen MR) is 120 cm³/mol. The monoisotopic (exact) mass is 487 g/mol. The number of hydrogen-bond acceptors (Lipinski definition) is 8. The van der Waals surface area contributed by atoms with Gasteiger partial charge in [0.05, 0.1) is 21.4 Å². The number of nitrogens with one attached hydrogen (secondary N) is 1. The molecule has 34 heavy (non-hydrogen) atoms. The molecule has 3 aromatic rings. The lowest BCUT2D eigenvalue weighted by molar-refractivity contribution is 0.121. The second-order valence-electron chi connectivity index (χ2n) is 8.49. The fraction of sp³-hybridized carbons (Fsp3) is 0.318. The van der Waals surface area contributed by atoms with Crippen molar-refractivity contribution in [1.29, 1.82) is 5.26 Å². The first-order chi connectivity index (χ1) is 16.1. The zero-order valence-corrected chi connectivity index (χ0v) is 18.7. The van der Waals surface area contributed by atoms with Gasteiger partial charge in [-0.2, -0.15) is 5.26 Å². The van der Waals surface area contributed by atoms with Crippen LogP contribution in [0.25, 0.3) is 11.0 Å². The van der Waals surface area contributed by atoms with Crippen LogP contribution in [0.3, 0.4) is 0 Å². The standard InChI is InChI=1S/C22H17F4N7S/c1-9-17-21(2,33-20(28)34-22(9,17)19(25)26)12-4-11(5-13(23)15(12)24)32-18-16-14(30-8-31-18)3-10(6-27)7-29-16/h3-5,7-9,17,19H,1-2H3,(H2,28,33)(H,30,31,32)/t9?,17?,21-,22+/m1/s1. The number of hydrogen-bond donors (Lipinski definition) is 2. The first-order valence-electron chi connectivity index (χ1n) is 10.2. The Balaban J connectivity index is 1.60. The highest BCUT2D eigenvalue weighted by atomic mass is 32.2. The molecule has 3 heterocycles. The number of benzene rings is 1. The fourth-order valence-corrected chi connectivity index (χ4v) is 6.51. The van der Waals surface area contributed by atoms with E-state index in [0.29, 0.717) is 16.6 Å². The van der Waals surface area contributed by atoms with Crippen LogP contribution in [-0.4, -0.2) is 31.3 Å². The lowest BCUT2D eigenvalue weighted by Crippen LogP contribution is -2.39. The lowest BCUT2D eigenvalue weighted by Gasteiger charge is -2.34. The molecule has 3 N–H and O–H groups in total. The molecule has 0 radical (unpaired) electrons. The summed E-state index contributed by atoms with van der Waals surface area (Å²) in [5.74, 6) is -3.42. The summed E-state index contributed by atoms with van der Waals surface area (Å²) in [6.45, 7) is 3.14. The molecular weight excluding hydrogens is 470 g/mol. The molecule has 1 saturated carbocycles. The minimum Gasteiger partial charge on any atom is -0.378 e. The molecule has 0 spiro atoms. The topological polar surface area (TPSA) is 113 Å². The van der Waals surface area contributed by atoms with Gasteiger partial charge in [0.25, 0.3) is 6.43 Å². The molecule has 4 atom stereocenters. The first-order valence-corrected chi connectivity index (χ1v) is 11.0. The number of aromatic nitrogens is 3. The fourth-order valence-electron chi connectivity index (χ4n) is 5.01. The molecular formula is C22H17F4N7S. The largest absolute Gasteiger partial charge is 0.378 e. The van der Waals surface area contributed by atoms with Gasteiger partial charge in [0.15, 0.2) is 22.6 Å². The molecule has 1 aliphatic carbocycles. The van der Waals surface area contributed by atoms with Gasteiger partial charge < -0.3 is 11.1 Å². The Bertz CT molecular complexity index is 1410. The number of amidine groups is 1. The van der Waals surface area contributed by atoms with E-state index in [1.165, 1.54) is 31.6 Å². The minimum absolute atomic E-state index is 0.0964. The maximum atomic E-state index is 15.1. The van der Waals surface area contributed by atoms with Crippen molar-refractivity contribution in [2.75, 3.05) is 5.32 Å². The Morgan fingerprint density at radius 1 is 1.21 bits per heavy atom. The molecule has 1 aliphatic heterocycles. The summed E-state index contributed by atoms with van der Waals surface area (Å²) in [5.41, 5.74) is 5.30. The number of alkyl halides is 2. The van der Waals surface area contributed by atoms with Crippen LogP contribution in [0.1, 0.15) is 25.0 Å². The second kappa shape index (κ2) is 7.53. The van der Waals surface area contributed by atoms with Gasteiger partial charge in [-0.05, 0) is 25.0 Å². The lowest BCUT2D eigenvalue weighted by atomic mass is 9.84. The zero-order chi connectivity index (χ0) is 24.4. The Morgan fingerprint density at radius 3 is 2.68 bits per heavy atom. The Morgan fingerprint density at radius 2 is 1.97 bits per heavy atom. The zero-order valence-electron chi connectivity index (χ0n) is 17.9. The van der Waals surface area contributed by atoms with E-state index in [4.69, 9.17) is 11.0 Å². The molecule has 2 aliphatic rings. The van der Waals surface area contributed by atoms with Gasteiger partial charge in [-0.1, -0.05) is 18.7 Å². The third kappa shape index (κ3) is 3.10. The van der Waals surface area contributed by atoms with Gasteiger partial charge in [-0.15, -0.1) is 0 Å².